The molecular formula is C15H16N2O2S2. The Hall–Kier alpha value is -1.40. The van der Waals surface area contributed by atoms with Gasteiger partial charge in [-0.3, -0.25) is 9.36 Å². The van der Waals surface area contributed by atoms with Crippen molar-refractivity contribution in [2.75, 3.05) is 18.6 Å². The molecule has 1 aromatic carbocycles. The van der Waals surface area contributed by atoms with E-state index in [1.807, 2.05) is 24.3 Å². The minimum atomic E-state index is 0.0450. The number of aromatic nitrogens is 2. The number of benzene rings is 1. The lowest BCUT2D eigenvalue weighted by Gasteiger charge is -2.13. The van der Waals surface area contributed by atoms with Gasteiger partial charge >= 0.3 is 0 Å². The predicted octanol–water partition coefficient (Wildman–Crippen LogP) is 3.00. The molecule has 0 radical (unpaired) electrons. The van der Waals surface area contributed by atoms with Crippen LogP contribution < -0.4 is 10.3 Å². The molecule has 1 aliphatic heterocycles. The lowest BCUT2D eigenvalue weighted by molar-refractivity contribution is 0.414. The van der Waals surface area contributed by atoms with Crippen molar-refractivity contribution in [2.45, 2.75) is 23.4 Å². The lowest BCUT2D eigenvalue weighted by atomic mass is 10.3. The molecule has 6 heteroatoms. The van der Waals surface area contributed by atoms with Crippen LogP contribution in [0.15, 0.2) is 39.1 Å². The molecule has 0 saturated carbocycles. The summed E-state index contributed by atoms with van der Waals surface area (Å²) in [4.78, 5) is 18.3. The minimum Gasteiger partial charge on any atom is -0.497 e. The van der Waals surface area contributed by atoms with Crippen molar-refractivity contribution in [1.82, 2.24) is 9.55 Å². The number of nitrogens with zero attached hydrogens (tertiary/aromatic N) is 2. The van der Waals surface area contributed by atoms with Crippen molar-refractivity contribution >= 4 is 23.5 Å². The van der Waals surface area contributed by atoms with E-state index in [1.165, 1.54) is 0 Å². The Balaban J connectivity index is 2.17. The Morgan fingerprint density at radius 1 is 1.38 bits per heavy atom. The van der Waals surface area contributed by atoms with Gasteiger partial charge in [-0.25, -0.2) is 4.98 Å². The van der Waals surface area contributed by atoms with Crippen molar-refractivity contribution in [2.24, 2.45) is 0 Å². The zero-order chi connectivity index (χ0) is 14.8. The molecule has 0 aliphatic carbocycles. The van der Waals surface area contributed by atoms with Gasteiger partial charge in [0, 0.05) is 12.2 Å². The summed E-state index contributed by atoms with van der Waals surface area (Å²) in [6, 6.07) is 7.52. The Morgan fingerprint density at radius 2 is 2.14 bits per heavy atom. The Labute approximate surface area is 131 Å². The monoisotopic (exact) mass is 320 g/mol. The lowest BCUT2D eigenvalue weighted by Crippen LogP contribution is -2.23. The normalized spacial score (nSPS) is 13.2. The SMILES string of the molecule is CCSc1nc2c(c(=O)n1-c1ccc(OC)cc1)SCC2. The highest BCUT2D eigenvalue weighted by atomic mass is 32.2. The largest absolute Gasteiger partial charge is 0.497 e. The Kier molecular flexibility index (Phi) is 4.26. The van der Waals surface area contributed by atoms with E-state index in [2.05, 4.69) is 6.92 Å². The van der Waals surface area contributed by atoms with Gasteiger partial charge in [0.15, 0.2) is 5.16 Å². The fourth-order valence-electron chi connectivity index (χ4n) is 2.28. The second kappa shape index (κ2) is 6.15. The topological polar surface area (TPSA) is 44.1 Å². The van der Waals surface area contributed by atoms with Crippen LogP contribution in [0.5, 0.6) is 5.75 Å². The van der Waals surface area contributed by atoms with E-state index >= 15 is 0 Å². The van der Waals surface area contributed by atoms with Gasteiger partial charge < -0.3 is 4.74 Å². The third-order valence-corrected chi connectivity index (χ3v) is 5.20. The molecule has 0 N–H and O–H groups in total. The maximum atomic E-state index is 12.8. The van der Waals surface area contributed by atoms with Crippen molar-refractivity contribution in [3.63, 3.8) is 0 Å². The van der Waals surface area contributed by atoms with Gasteiger partial charge in [0.2, 0.25) is 0 Å². The molecule has 0 amide bonds. The number of aryl methyl sites for hydroxylation is 1. The first-order chi connectivity index (χ1) is 10.2. The van der Waals surface area contributed by atoms with Crippen LogP contribution in [0.4, 0.5) is 0 Å². The molecular weight excluding hydrogens is 304 g/mol. The van der Waals surface area contributed by atoms with Crippen LogP contribution >= 0.6 is 23.5 Å². The van der Waals surface area contributed by atoms with Gasteiger partial charge in [-0.1, -0.05) is 18.7 Å². The average molecular weight is 320 g/mol. The first-order valence-corrected chi connectivity index (χ1v) is 8.77. The second-order valence-corrected chi connectivity index (χ2v) is 6.88. The highest BCUT2D eigenvalue weighted by Crippen LogP contribution is 2.30. The molecule has 4 nitrogen and oxygen atoms in total. The summed E-state index contributed by atoms with van der Waals surface area (Å²) < 4.78 is 6.89. The molecule has 1 aliphatic rings. The number of rotatable bonds is 4. The number of thioether (sulfide) groups is 2. The standard InChI is InChI=1S/C15H16N2O2S2/c1-3-20-15-16-12-8-9-21-13(12)14(18)17(15)10-4-6-11(19-2)7-5-10/h4-7H,3,8-9H2,1-2H3. The molecule has 0 fully saturated rings. The summed E-state index contributed by atoms with van der Waals surface area (Å²) in [5, 5.41) is 0.772. The number of hydrogen-bond acceptors (Lipinski definition) is 5. The summed E-state index contributed by atoms with van der Waals surface area (Å²) >= 11 is 3.21. The molecule has 0 bridgehead atoms. The van der Waals surface area contributed by atoms with E-state index in [-0.39, 0.29) is 5.56 Å². The number of hydrogen-bond donors (Lipinski definition) is 0. The number of ether oxygens (including phenoxy) is 1. The zero-order valence-electron chi connectivity index (χ0n) is 12.0. The van der Waals surface area contributed by atoms with Gasteiger partial charge in [0.1, 0.15) is 5.75 Å². The molecule has 0 saturated heterocycles. The number of fused-ring (bicyclic) bond motifs is 1. The maximum absolute atomic E-state index is 12.8. The van der Waals surface area contributed by atoms with Gasteiger partial charge in [0.25, 0.3) is 5.56 Å². The van der Waals surface area contributed by atoms with E-state index in [1.54, 1.807) is 35.2 Å². The van der Waals surface area contributed by atoms with Crippen LogP contribution in [0.25, 0.3) is 5.69 Å². The van der Waals surface area contributed by atoms with Crippen molar-refractivity contribution in [1.29, 1.82) is 0 Å². The molecule has 0 atom stereocenters. The molecule has 2 aromatic rings. The van der Waals surface area contributed by atoms with Gasteiger partial charge in [-0.15, -0.1) is 11.8 Å². The maximum Gasteiger partial charge on any atom is 0.272 e. The third kappa shape index (κ3) is 2.70. The zero-order valence-corrected chi connectivity index (χ0v) is 13.6. The summed E-state index contributed by atoms with van der Waals surface area (Å²) in [6.07, 6.45) is 0.885. The summed E-state index contributed by atoms with van der Waals surface area (Å²) in [6.45, 7) is 2.07. The van der Waals surface area contributed by atoms with Crippen molar-refractivity contribution in [3.8, 4) is 11.4 Å². The van der Waals surface area contributed by atoms with Gasteiger partial charge in [0.05, 0.1) is 23.4 Å². The smallest absolute Gasteiger partial charge is 0.272 e. The first kappa shape index (κ1) is 14.5. The van der Waals surface area contributed by atoms with Crippen LogP contribution in [0.1, 0.15) is 12.6 Å². The first-order valence-electron chi connectivity index (χ1n) is 6.80. The molecule has 3 rings (SSSR count). The average Bonchev–Trinajstić information content (AvgIpc) is 2.97. The highest BCUT2D eigenvalue weighted by molar-refractivity contribution is 7.99. The quantitative estimate of drug-likeness (QED) is 0.640. The van der Waals surface area contributed by atoms with Crippen LogP contribution in [0, 0.1) is 0 Å². The highest BCUT2D eigenvalue weighted by Gasteiger charge is 2.22. The van der Waals surface area contributed by atoms with Gasteiger partial charge in [-0.05, 0) is 30.0 Å². The van der Waals surface area contributed by atoms with E-state index < -0.39 is 0 Å². The number of methoxy groups -OCH3 is 1. The van der Waals surface area contributed by atoms with Crippen LogP contribution in [0.2, 0.25) is 0 Å². The molecule has 110 valence electrons. The molecule has 0 spiro atoms. The molecule has 21 heavy (non-hydrogen) atoms. The second-order valence-electron chi connectivity index (χ2n) is 4.54. The van der Waals surface area contributed by atoms with E-state index in [0.717, 1.165) is 45.1 Å². The Morgan fingerprint density at radius 3 is 2.81 bits per heavy atom. The van der Waals surface area contributed by atoms with Crippen LogP contribution in [0.3, 0.4) is 0 Å². The fourth-order valence-corrected chi connectivity index (χ4v) is 4.06. The van der Waals surface area contributed by atoms with Gasteiger partial charge in [-0.2, -0.15) is 0 Å². The van der Waals surface area contributed by atoms with Crippen LogP contribution in [-0.2, 0) is 6.42 Å². The van der Waals surface area contributed by atoms with Crippen molar-refractivity contribution in [3.05, 3.63) is 40.3 Å². The summed E-state index contributed by atoms with van der Waals surface area (Å²) in [5.41, 5.74) is 1.83. The van der Waals surface area contributed by atoms with E-state index in [4.69, 9.17) is 9.72 Å². The predicted molar refractivity (Wildman–Crippen MR) is 87.2 cm³/mol. The molecule has 2 heterocycles. The minimum absolute atomic E-state index is 0.0450. The summed E-state index contributed by atoms with van der Waals surface area (Å²) in [5.74, 6) is 2.61. The molecule has 0 unspecified atom stereocenters. The van der Waals surface area contributed by atoms with E-state index in [9.17, 15) is 4.79 Å². The third-order valence-electron chi connectivity index (χ3n) is 3.27. The molecule has 1 aromatic heterocycles. The van der Waals surface area contributed by atoms with Crippen LogP contribution in [-0.4, -0.2) is 28.2 Å². The fraction of sp³-hybridized carbons (Fsp3) is 0.333. The van der Waals surface area contributed by atoms with E-state index in [0.29, 0.717) is 0 Å². The Bertz CT molecular complexity index is 711. The summed E-state index contributed by atoms with van der Waals surface area (Å²) in [7, 11) is 1.63. The van der Waals surface area contributed by atoms with Crippen molar-refractivity contribution < 1.29 is 4.74 Å².